The molecule has 0 aromatic heterocycles. The quantitative estimate of drug-likeness (QED) is 0.785. The van der Waals surface area contributed by atoms with Crippen LogP contribution in [0.3, 0.4) is 0 Å². The summed E-state index contributed by atoms with van der Waals surface area (Å²) in [5.74, 6) is 0.547. The van der Waals surface area contributed by atoms with Crippen LogP contribution in [0, 0.1) is 22.7 Å². The topological polar surface area (TPSA) is 61.8 Å². The third-order valence-corrected chi connectivity index (χ3v) is 3.26. The molecule has 1 atom stereocenters. The maximum absolute atomic E-state index is 8.89. The van der Waals surface area contributed by atoms with Gasteiger partial charge in [-0.1, -0.05) is 27.7 Å². The maximum Gasteiger partial charge on any atom is 0.101 e. The van der Waals surface area contributed by atoms with Crippen LogP contribution in [0.1, 0.15) is 33.3 Å². The Labute approximate surface area is 104 Å². The van der Waals surface area contributed by atoms with E-state index in [4.69, 9.17) is 11.0 Å². The van der Waals surface area contributed by atoms with Gasteiger partial charge in [-0.25, -0.2) is 0 Å². The number of hydrogen-bond acceptors (Lipinski definition) is 3. The Bertz CT molecular complexity index is 424. The van der Waals surface area contributed by atoms with Crippen LogP contribution in [-0.2, 0) is 0 Å². The minimum Gasteiger partial charge on any atom is -0.398 e. The van der Waals surface area contributed by atoms with Crippen molar-refractivity contribution in [1.82, 2.24) is 0 Å². The normalized spacial score (nSPS) is 12.9. The van der Waals surface area contributed by atoms with Gasteiger partial charge in [-0.2, -0.15) is 5.26 Å². The van der Waals surface area contributed by atoms with E-state index in [1.807, 2.05) is 6.07 Å². The molecule has 0 fully saturated rings. The van der Waals surface area contributed by atoms with E-state index in [-0.39, 0.29) is 5.41 Å². The Hall–Kier alpha value is -1.69. The van der Waals surface area contributed by atoms with E-state index in [0.717, 1.165) is 12.2 Å². The second-order valence-electron chi connectivity index (χ2n) is 5.56. The van der Waals surface area contributed by atoms with Crippen LogP contribution >= 0.6 is 0 Å². The average Bonchev–Trinajstić information content (AvgIpc) is 2.26. The zero-order chi connectivity index (χ0) is 13.1. The molecule has 1 unspecified atom stereocenters. The lowest BCUT2D eigenvalue weighted by molar-refractivity contribution is 0.274. The van der Waals surface area contributed by atoms with Gasteiger partial charge in [0.15, 0.2) is 0 Å². The first-order valence-electron chi connectivity index (χ1n) is 5.88. The van der Waals surface area contributed by atoms with Gasteiger partial charge in [0.25, 0.3) is 0 Å². The lowest BCUT2D eigenvalue weighted by Gasteiger charge is -2.27. The number of hydrogen-bond donors (Lipinski definition) is 2. The molecule has 0 aliphatic heterocycles. The summed E-state index contributed by atoms with van der Waals surface area (Å²) in [5, 5.41) is 12.2. The van der Waals surface area contributed by atoms with Gasteiger partial charge in [0.1, 0.15) is 6.07 Å². The summed E-state index contributed by atoms with van der Waals surface area (Å²) in [5.41, 5.74) is 7.96. The smallest absolute Gasteiger partial charge is 0.101 e. The molecular formula is C14H21N3. The third kappa shape index (κ3) is 3.67. The predicted octanol–water partition coefficient (Wildman–Crippen LogP) is 3.23. The fourth-order valence-corrected chi connectivity index (χ4v) is 1.34. The van der Waals surface area contributed by atoms with Crippen molar-refractivity contribution in [2.24, 2.45) is 11.3 Å². The largest absolute Gasteiger partial charge is 0.398 e. The number of nitrogens with one attached hydrogen (secondary N) is 1. The van der Waals surface area contributed by atoms with E-state index in [0.29, 0.717) is 17.2 Å². The molecule has 1 aromatic rings. The van der Waals surface area contributed by atoms with Crippen LogP contribution in [0.2, 0.25) is 0 Å². The van der Waals surface area contributed by atoms with Crippen LogP contribution < -0.4 is 11.1 Å². The summed E-state index contributed by atoms with van der Waals surface area (Å²) in [6.45, 7) is 9.78. The lowest BCUT2D eigenvalue weighted by atomic mass is 9.82. The fourth-order valence-electron chi connectivity index (χ4n) is 1.34. The van der Waals surface area contributed by atoms with Gasteiger partial charge < -0.3 is 11.1 Å². The van der Waals surface area contributed by atoms with Crippen molar-refractivity contribution in [3.8, 4) is 6.07 Å². The molecule has 17 heavy (non-hydrogen) atoms. The van der Waals surface area contributed by atoms with Crippen molar-refractivity contribution < 1.29 is 0 Å². The summed E-state index contributed by atoms with van der Waals surface area (Å²) in [7, 11) is 0. The highest BCUT2D eigenvalue weighted by atomic mass is 14.9. The van der Waals surface area contributed by atoms with E-state index in [1.54, 1.807) is 12.1 Å². The molecule has 0 amide bonds. The summed E-state index contributed by atoms with van der Waals surface area (Å²) >= 11 is 0. The SMILES string of the molecule is CC(CNc1ccc(N)c(C#N)c1)C(C)(C)C. The number of nitriles is 1. The minimum atomic E-state index is 0.277. The van der Waals surface area contributed by atoms with Crippen molar-refractivity contribution in [2.45, 2.75) is 27.7 Å². The van der Waals surface area contributed by atoms with Crippen molar-refractivity contribution >= 4 is 11.4 Å². The second kappa shape index (κ2) is 5.09. The molecule has 92 valence electrons. The number of nitrogens with zero attached hydrogens (tertiary/aromatic N) is 1. The zero-order valence-corrected chi connectivity index (χ0v) is 11.0. The zero-order valence-electron chi connectivity index (χ0n) is 11.0. The molecule has 1 aromatic carbocycles. The average molecular weight is 231 g/mol. The number of benzene rings is 1. The molecule has 3 N–H and O–H groups in total. The van der Waals surface area contributed by atoms with Gasteiger partial charge in [0, 0.05) is 17.9 Å². The van der Waals surface area contributed by atoms with E-state index < -0.39 is 0 Å². The third-order valence-electron chi connectivity index (χ3n) is 3.26. The van der Waals surface area contributed by atoms with Gasteiger partial charge in [-0.15, -0.1) is 0 Å². The molecule has 3 heteroatoms. The molecule has 0 saturated carbocycles. The first-order chi connectivity index (χ1) is 7.84. The van der Waals surface area contributed by atoms with Gasteiger partial charge in [-0.3, -0.25) is 0 Å². The highest BCUT2D eigenvalue weighted by Gasteiger charge is 2.19. The second-order valence-corrected chi connectivity index (χ2v) is 5.56. The number of nitrogens with two attached hydrogens (primary N) is 1. The molecular weight excluding hydrogens is 210 g/mol. The fraction of sp³-hybridized carbons (Fsp3) is 0.500. The Morgan fingerprint density at radius 3 is 2.59 bits per heavy atom. The molecule has 0 aliphatic carbocycles. The van der Waals surface area contributed by atoms with Crippen LogP contribution in [0.4, 0.5) is 11.4 Å². The van der Waals surface area contributed by atoms with E-state index in [2.05, 4.69) is 39.1 Å². The van der Waals surface area contributed by atoms with Crippen LogP contribution in [0.25, 0.3) is 0 Å². The van der Waals surface area contributed by atoms with Crippen LogP contribution in [-0.4, -0.2) is 6.54 Å². The summed E-state index contributed by atoms with van der Waals surface area (Å²) in [4.78, 5) is 0. The van der Waals surface area contributed by atoms with Gasteiger partial charge in [0.2, 0.25) is 0 Å². The lowest BCUT2D eigenvalue weighted by Crippen LogP contribution is -2.24. The molecule has 0 bridgehead atoms. The van der Waals surface area contributed by atoms with Crippen LogP contribution in [0.5, 0.6) is 0 Å². The molecule has 0 aliphatic rings. The van der Waals surface area contributed by atoms with E-state index >= 15 is 0 Å². The first kappa shape index (κ1) is 13.4. The van der Waals surface area contributed by atoms with E-state index in [1.165, 1.54) is 0 Å². The van der Waals surface area contributed by atoms with Gasteiger partial charge >= 0.3 is 0 Å². The minimum absolute atomic E-state index is 0.277. The predicted molar refractivity (Wildman–Crippen MR) is 72.7 cm³/mol. The molecule has 0 heterocycles. The monoisotopic (exact) mass is 231 g/mol. The molecule has 0 radical (unpaired) electrons. The summed E-state index contributed by atoms with van der Waals surface area (Å²) in [6.07, 6.45) is 0. The highest BCUT2D eigenvalue weighted by molar-refractivity contribution is 5.61. The molecule has 3 nitrogen and oxygen atoms in total. The van der Waals surface area contributed by atoms with Gasteiger partial charge in [0.05, 0.1) is 5.56 Å². The van der Waals surface area contributed by atoms with Crippen molar-refractivity contribution in [3.05, 3.63) is 23.8 Å². The molecule has 0 saturated heterocycles. The van der Waals surface area contributed by atoms with Crippen molar-refractivity contribution in [2.75, 3.05) is 17.6 Å². The Kier molecular flexibility index (Phi) is 4.01. The van der Waals surface area contributed by atoms with Crippen molar-refractivity contribution in [1.29, 1.82) is 5.26 Å². The van der Waals surface area contributed by atoms with Crippen molar-refractivity contribution in [3.63, 3.8) is 0 Å². The van der Waals surface area contributed by atoms with Crippen LogP contribution in [0.15, 0.2) is 18.2 Å². The highest BCUT2D eigenvalue weighted by Crippen LogP contribution is 2.26. The number of nitrogen functional groups attached to an aromatic ring is 1. The molecule has 1 rings (SSSR count). The number of rotatable bonds is 3. The standard InChI is InChI=1S/C14H21N3/c1-10(14(2,3)4)9-17-12-5-6-13(16)11(7-12)8-15/h5-7,10,17H,9,16H2,1-4H3. The Balaban J connectivity index is 2.68. The first-order valence-corrected chi connectivity index (χ1v) is 5.88. The Morgan fingerprint density at radius 1 is 1.41 bits per heavy atom. The summed E-state index contributed by atoms with van der Waals surface area (Å²) in [6, 6.07) is 7.56. The Morgan fingerprint density at radius 2 is 2.06 bits per heavy atom. The van der Waals surface area contributed by atoms with Gasteiger partial charge in [-0.05, 0) is 29.5 Å². The maximum atomic E-state index is 8.89. The molecule has 0 spiro atoms. The summed E-state index contributed by atoms with van der Waals surface area (Å²) < 4.78 is 0. The van der Waals surface area contributed by atoms with E-state index in [9.17, 15) is 0 Å². The number of anilines is 2.